The van der Waals surface area contributed by atoms with Crippen LogP contribution in [0.25, 0.3) is 0 Å². The summed E-state index contributed by atoms with van der Waals surface area (Å²) in [7, 11) is 0. The van der Waals surface area contributed by atoms with Crippen LogP contribution in [0.4, 0.5) is 10.1 Å². The number of hydrogen-bond acceptors (Lipinski definition) is 6. The number of fused-ring (bicyclic) bond motifs is 1. The molecule has 10 heteroatoms. The Hall–Kier alpha value is -3.66. The van der Waals surface area contributed by atoms with E-state index in [1.54, 1.807) is 19.1 Å². The van der Waals surface area contributed by atoms with Gasteiger partial charge in [0.15, 0.2) is 11.5 Å². The van der Waals surface area contributed by atoms with Gasteiger partial charge >= 0.3 is 5.97 Å². The average Bonchev–Trinajstić information content (AvgIpc) is 3.63. The molecule has 0 spiro atoms. The van der Waals surface area contributed by atoms with E-state index in [0.29, 0.717) is 55.2 Å². The summed E-state index contributed by atoms with van der Waals surface area (Å²) in [6, 6.07) is 9.81. The maximum atomic E-state index is 14.4. The topological polar surface area (TPSA) is 99.6 Å². The molecule has 0 bridgehead atoms. The number of carbonyl (C=O) groups excluding carboxylic acids is 2. The third kappa shape index (κ3) is 7.27. The minimum atomic E-state index is -0.927. The molecule has 9 nitrogen and oxygen atoms in total. The van der Waals surface area contributed by atoms with Crippen LogP contribution >= 0.6 is 0 Å². The second kappa shape index (κ2) is 14.6. The number of benzene rings is 2. The van der Waals surface area contributed by atoms with Crippen molar-refractivity contribution in [2.45, 2.75) is 90.1 Å². The second-order valence-electron chi connectivity index (χ2n) is 12.6. The molecular formula is C35H46FN3O6. The maximum absolute atomic E-state index is 14.4. The lowest BCUT2D eigenvalue weighted by Gasteiger charge is -2.35. The van der Waals surface area contributed by atoms with Crippen molar-refractivity contribution in [3.05, 3.63) is 53.3 Å². The molecule has 3 aliphatic heterocycles. The highest BCUT2D eigenvalue weighted by Gasteiger charge is 2.48. The van der Waals surface area contributed by atoms with Gasteiger partial charge in [0.05, 0.1) is 12.5 Å². The Morgan fingerprint density at radius 3 is 2.51 bits per heavy atom. The van der Waals surface area contributed by atoms with Gasteiger partial charge in [-0.3, -0.25) is 19.3 Å². The van der Waals surface area contributed by atoms with E-state index in [1.807, 2.05) is 32.9 Å². The number of carbonyl (C=O) groups is 3. The molecule has 2 fully saturated rings. The molecule has 3 atom stereocenters. The van der Waals surface area contributed by atoms with Gasteiger partial charge in [-0.15, -0.1) is 0 Å². The van der Waals surface area contributed by atoms with Crippen molar-refractivity contribution < 1.29 is 33.4 Å². The van der Waals surface area contributed by atoms with Gasteiger partial charge in [0, 0.05) is 49.7 Å². The molecule has 3 heterocycles. The maximum Gasteiger partial charge on any atom is 0.308 e. The summed E-state index contributed by atoms with van der Waals surface area (Å²) in [6.07, 6.45) is 6.14. The molecule has 0 aliphatic carbocycles. The van der Waals surface area contributed by atoms with E-state index in [0.717, 1.165) is 44.1 Å². The van der Waals surface area contributed by atoms with Crippen LogP contribution in [0.2, 0.25) is 0 Å². The molecule has 2 saturated heterocycles. The Labute approximate surface area is 265 Å². The Morgan fingerprint density at radius 1 is 1.07 bits per heavy atom. The number of rotatable bonds is 13. The van der Waals surface area contributed by atoms with Crippen LogP contribution in [-0.2, 0) is 14.4 Å². The molecular weight excluding hydrogens is 577 g/mol. The van der Waals surface area contributed by atoms with Gasteiger partial charge in [-0.25, -0.2) is 4.39 Å². The standard InChI is InChI=1S/C35H46FN3O6/c1-4-8-25(9-5-2)39(26-12-13-28(36)23(3)18-26)33(41)21-38-20-27(24-11-14-30-31(19-24)45-22-44-30)34(35(42)43)29(38)15-17-37-16-7-6-10-32(37)40/h11-14,18-19,25,27,29,34H,4-10,15-17,20-22H2,1-3H3,(H,42,43)/t27-,29-,34+/m1/s1. The molecule has 1 N–H and O–H groups in total. The first-order chi connectivity index (χ1) is 21.7. The van der Waals surface area contributed by atoms with Crippen molar-refractivity contribution in [3.8, 4) is 11.5 Å². The highest BCUT2D eigenvalue weighted by Crippen LogP contribution is 2.43. The summed E-state index contributed by atoms with van der Waals surface area (Å²) in [5.74, 6) is -1.26. The third-order valence-electron chi connectivity index (χ3n) is 9.61. The van der Waals surface area contributed by atoms with Gasteiger partial charge in [0.2, 0.25) is 18.6 Å². The molecule has 0 aromatic heterocycles. The molecule has 0 unspecified atom stereocenters. The van der Waals surface area contributed by atoms with Gasteiger partial charge in [-0.1, -0.05) is 32.8 Å². The molecule has 2 aromatic carbocycles. The lowest BCUT2D eigenvalue weighted by atomic mass is 9.84. The first-order valence-electron chi connectivity index (χ1n) is 16.4. The number of nitrogens with zero attached hydrogens (tertiary/aromatic N) is 3. The van der Waals surface area contributed by atoms with Crippen LogP contribution in [0.5, 0.6) is 11.5 Å². The summed E-state index contributed by atoms with van der Waals surface area (Å²) in [5.41, 5.74) is 1.94. The number of piperidine rings is 1. The van der Waals surface area contributed by atoms with Crippen molar-refractivity contribution in [1.29, 1.82) is 0 Å². The Kier molecular flexibility index (Phi) is 10.6. The summed E-state index contributed by atoms with van der Waals surface area (Å²) in [6.45, 7) is 7.49. The Morgan fingerprint density at radius 2 is 1.82 bits per heavy atom. The van der Waals surface area contributed by atoms with E-state index in [2.05, 4.69) is 13.8 Å². The Balaban J connectivity index is 1.47. The molecule has 5 rings (SSSR count). The van der Waals surface area contributed by atoms with Gasteiger partial charge < -0.3 is 24.4 Å². The molecule has 3 aliphatic rings. The van der Waals surface area contributed by atoms with E-state index in [9.17, 15) is 23.9 Å². The van der Waals surface area contributed by atoms with Crippen LogP contribution in [0.15, 0.2) is 36.4 Å². The number of hydrogen-bond donors (Lipinski definition) is 1. The zero-order valence-electron chi connectivity index (χ0n) is 26.7. The number of amides is 2. The zero-order chi connectivity index (χ0) is 32.1. The minimum absolute atomic E-state index is 0.0177. The van der Waals surface area contributed by atoms with Gasteiger partial charge in [0.25, 0.3) is 0 Å². The van der Waals surface area contributed by atoms with Crippen LogP contribution in [0.1, 0.15) is 82.3 Å². The summed E-state index contributed by atoms with van der Waals surface area (Å²) in [5, 5.41) is 10.6. The number of ether oxygens (including phenoxy) is 2. The quantitative estimate of drug-likeness (QED) is 0.304. The molecule has 45 heavy (non-hydrogen) atoms. The average molecular weight is 624 g/mol. The highest BCUT2D eigenvalue weighted by molar-refractivity contribution is 5.95. The number of anilines is 1. The minimum Gasteiger partial charge on any atom is -0.481 e. The molecule has 2 aromatic rings. The summed E-state index contributed by atoms with van der Waals surface area (Å²) in [4.78, 5) is 45.7. The Bertz CT molecular complexity index is 1380. The van der Waals surface area contributed by atoms with Gasteiger partial charge in [-0.05, 0) is 80.5 Å². The van der Waals surface area contributed by atoms with Crippen LogP contribution < -0.4 is 14.4 Å². The monoisotopic (exact) mass is 623 g/mol. The van der Waals surface area contributed by atoms with Crippen molar-refractivity contribution in [2.75, 3.05) is 37.9 Å². The van der Waals surface area contributed by atoms with Gasteiger partial charge in [0.1, 0.15) is 5.82 Å². The number of aliphatic carboxylic acids is 1. The first-order valence-corrected chi connectivity index (χ1v) is 16.4. The summed E-state index contributed by atoms with van der Waals surface area (Å²) >= 11 is 0. The zero-order valence-corrected chi connectivity index (χ0v) is 26.7. The van der Waals surface area contributed by atoms with Crippen molar-refractivity contribution in [2.24, 2.45) is 5.92 Å². The van der Waals surface area contributed by atoms with E-state index in [1.165, 1.54) is 6.07 Å². The van der Waals surface area contributed by atoms with E-state index >= 15 is 0 Å². The summed E-state index contributed by atoms with van der Waals surface area (Å²) < 4.78 is 25.4. The highest BCUT2D eigenvalue weighted by atomic mass is 19.1. The molecule has 0 saturated carbocycles. The van der Waals surface area contributed by atoms with E-state index in [4.69, 9.17) is 9.47 Å². The number of halogens is 1. The fourth-order valence-electron chi connectivity index (χ4n) is 7.38. The fourth-order valence-corrected chi connectivity index (χ4v) is 7.38. The number of aryl methyl sites for hydroxylation is 1. The van der Waals surface area contributed by atoms with Gasteiger partial charge in [-0.2, -0.15) is 0 Å². The number of likely N-dealkylation sites (tertiary alicyclic amines) is 2. The fraction of sp³-hybridized carbons (Fsp3) is 0.571. The second-order valence-corrected chi connectivity index (χ2v) is 12.6. The first kappa shape index (κ1) is 32.7. The van der Waals surface area contributed by atoms with Crippen molar-refractivity contribution in [1.82, 2.24) is 9.80 Å². The molecule has 244 valence electrons. The van der Waals surface area contributed by atoms with E-state index < -0.39 is 23.8 Å². The number of carboxylic acid groups (broad SMARTS) is 1. The van der Waals surface area contributed by atoms with Crippen LogP contribution in [0.3, 0.4) is 0 Å². The molecule has 2 amide bonds. The smallest absolute Gasteiger partial charge is 0.308 e. The lowest BCUT2D eigenvalue weighted by Crippen LogP contribution is -2.49. The lowest BCUT2D eigenvalue weighted by molar-refractivity contribution is -0.143. The predicted molar refractivity (Wildman–Crippen MR) is 169 cm³/mol. The van der Waals surface area contributed by atoms with E-state index in [-0.39, 0.29) is 37.0 Å². The molecule has 0 radical (unpaired) electrons. The number of carboxylic acids is 1. The van der Waals surface area contributed by atoms with Crippen molar-refractivity contribution >= 4 is 23.5 Å². The van der Waals surface area contributed by atoms with Crippen LogP contribution in [0, 0.1) is 18.7 Å². The van der Waals surface area contributed by atoms with Crippen molar-refractivity contribution in [3.63, 3.8) is 0 Å². The third-order valence-corrected chi connectivity index (χ3v) is 9.61. The normalized spacial score (nSPS) is 21.5. The van der Waals surface area contributed by atoms with Crippen LogP contribution in [-0.4, -0.2) is 77.7 Å². The predicted octanol–water partition coefficient (Wildman–Crippen LogP) is 5.74. The SMILES string of the molecule is CCCC(CCC)N(C(=O)CN1C[C@H](c2ccc3c(c2)OCO3)[C@H](C(=O)O)[C@H]1CCN1CCCCC1=O)c1ccc(F)c(C)c1. The largest absolute Gasteiger partial charge is 0.481 e.